The predicted octanol–water partition coefficient (Wildman–Crippen LogP) is 16.6. The number of allylic oxidation sites excluding steroid dienone is 13. The van der Waals surface area contributed by atoms with E-state index in [1.165, 1.54) is 22.3 Å². The minimum absolute atomic E-state index is 0.0326. The van der Waals surface area contributed by atoms with E-state index in [1.54, 1.807) is 0 Å². The first-order valence-electron chi connectivity index (χ1n) is 21.9. The van der Waals surface area contributed by atoms with Crippen molar-refractivity contribution in [1.29, 1.82) is 0 Å². The number of hydrogen-bond donors (Lipinski definition) is 0. The lowest BCUT2D eigenvalue weighted by Gasteiger charge is -2.32. The van der Waals surface area contributed by atoms with Crippen LogP contribution < -0.4 is 4.90 Å². The third-order valence-corrected chi connectivity index (χ3v) is 11.5. The number of benzene rings is 5. The Morgan fingerprint density at radius 3 is 2.16 bits per heavy atom. The van der Waals surface area contributed by atoms with Crippen molar-refractivity contribution in [2.75, 3.05) is 4.90 Å². The summed E-state index contributed by atoms with van der Waals surface area (Å²) in [7, 11) is 0. The Bertz CT molecular complexity index is 2830. The van der Waals surface area contributed by atoms with Crippen molar-refractivity contribution in [3.63, 3.8) is 0 Å². The average Bonchev–Trinajstić information content (AvgIpc) is 3.59. The lowest BCUT2D eigenvalue weighted by Crippen LogP contribution is -2.27. The second-order valence-corrected chi connectivity index (χ2v) is 15.9. The molecule has 5 aromatic carbocycles. The maximum absolute atomic E-state index is 4.66. The molecule has 2 heterocycles. The third kappa shape index (κ3) is 10.4. The van der Waals surface area contributed by atoms with E-state index in [1.807, 2.05) is 25.2 Å². The molecule has 2 nitrogen and oxygen atoms in total. The van der Waals surface area contributed by atoms with Crippen LogP contribution in [0.25, 0.3) is 46.7 Å². The molecule has 1 aliphatic heterocycles. The fourth-order valence-electron chi connectivity index (χ4n) is 8.39. The average molecular weight is 819 g/mol. The molecule has 1 unspecified atom stereocenters. The van der Waals surface area contributed by atoms with Crippen LogP contribution in [0.5, 0.6) is 0 Å². The summed E-state index contributed by atoms with van der Waals surface area (Å²) in [4.78, 5) is 2.45. The zero-order valence-electron chi connectivity index (χ0n) is 37.4. The molecule has 0 bridgehead atoms. The van der Waals surface area contributed by atoms with Crippen molar-refractivity contribution in [2.24, 2.45) is 0 Å². The summed E-state index contributed by atoms with van der Waals surface area (Å²) >= 11 is 0. The van der Waals surface area contributed by atoms with Gasteiger partial charge in [-0.1, -0.05) is 189 Å². The molecule has 0 fully saturated rings. The molecule has 0 radical (unpaired) electrons. The van der Waals surface area contributed by atoms with E-state index in [2.05, 4.69) is 251 Å². The minimum atomic E-state index is 0.0326. The topological polar surface area (TPSA) is 8.17 Å². The minimum Gasteiger partial charge on any atom is -0.334 e. The van der Waals surface area contributed by atoms with Crippen molar-refractivity contribution in [3.05, 3.63) is 263 Å². The Labute approximate surface area is 376 Å². The van der Waals surface area contributed by atoms with Gasteiger partial charge in [-0.15, -0.1) is 0 Å². The van der Waals surface area contributed by atoms with Crippen molar-refractivity contribution in [1.82, 2.24) is 4.57 Å². The lowest BCUT2D eigenvalue weighted by molar-refractivity contribution is 0.861. The highest BCUT2D eigenvalue weighted by molar-refractivity contribution is 5.86. The summed E-state index contributed by atoms with van der Waals surface area (Å²) in [6.07, 6.45) is 33.0. The first-order valence-corrected chi connectivity index (χ1v) is 21.9. The molecule has 0 spiro atoms. The van der Waals surface area contributed by atoms with E-state index in [9.17, 15) is 0 Å². The molecule has 63 heavy (non-hydrogen) atoms. The molecule has 2 heteroatoms. The fourth-order valence-corrected chi connectivity index (χ4v) is 8.39. The lowest BCUT2D eigenvalue weighted by atomic mass is 9.98. The zero-order chi connectivity index (χ0) is 44.1. The van der Waals surface area contributed by atoms with E-state index in [0.29, 0.717) is 0 Å². The van der Waals surface area contributed by atoms with Crippen molar-refractivity contribution in [2.45, 2.75) is 47.1 Å². The maximum atomic E-state index is 4.66. The molecule has 0 saturated heterocycles. The summed E-state index contributed by atoms with van der Waals surface area (Å²) in [6.45, 7) is 19.7. The van der Waals surface area contributed by atoms with E-state index in [0.717, 1.165) is 73.8 Å². The fraction of sp³-hybridized carbons (Fsp3) is 0.115. The summed E-state index contributed by atoms with van der Waals surface area (Å²) in [5.41, 5.74) is 18.3. The van der Waals surface area contributed by atoms with Crippen LogP contribution in [-0.4, -0.2) is 10.6 Å². The number of hydrogen-bond acceptors (Lipinski definition) is 1. The largest absolute Gasteiger partial charge is 0.334 e. The highest BCUT2D eigenvalue weighted by atomic mass is 15.2. The van der Waals surface area contributed by atoms with Crippen molar-refractivity contribution >= 4 is 41.3 Å². The molecular formula is C61H58N2. The highest BCUT2D eigenvalue weighted by Crippen LogP contribution is 2.38. The van der Waals surface area contributed by atoms with Gasteiger partial charge < -0.3 is 9.47 Å². The normalized spacial score (nSPS) is 16.2. The Balaban J connectivity index is 1.24. The van der Waals surface area contributed by atoms with Crippen LogP contribution in [0, 0.1) is 6.92 Å². The molecule has 0 saturated carbocycles. The van der Waals surface area contributed by atoms with Gasteiger partial charge in [0.2, 0.25) is 0 Å². The van der Waals surface area contributed by atoms with Crippen molar-refractivity contribution in [3.8, 4) is 16.8 Å². The first kappa shape index (κ1) is 43.7. The summed E-state index contributed by atoms with van der Waals surface area (Å²) in [5, 5.41) is 0. The highest BCUT2D eigenvalue weighted by Gasteiger charge is 2.22. The standard InChI is InChI=1S/C61H58N2/c1-8-11-12-13-16-29-50-41-51(40-49-27-17-14-18-28-49)43-56(42-50)62-47(6)37-38-53(39-46(5)58-34-21-22-36-61(58)62)45(4)26-23-35-59-48(7)63(60(25-9-2)57(59)10-3)55-33-24-32-54(44-55)52-30-19-15-20-31-52/h8-39,41-44,47H,3,5,40H2,1-2,4,6-7H3/b11-8-,13-12-,25-9-,29-16+,35-23-,38-37-,45-26+,53-39+. The van der Waals surface area contributed by atoms with E-state index < -0.39 is 0 Å². The third-order valence-electron chi connectivity index (χ3n) is 11.5. The Kier molecular flexibility index (Phi) is 14.5. The number of fused-ring (bicyclic) bond motifs is 1. The molecule has 0 amide bonds. The second kappa shape index (κ2) is 20.9. The van der Waals surface area contributed by atoms with Gasteiger partial charge in [-0.2, -0.15) is 0 Å². The molecule has 1 aliphatic rings. The van der Waals surface area contributed by atoms with Crippen LogP contribution >= 0.6 is 0 Å². The SMILES string of the molecule is C=Cc1c(\C=C/C=C(C)/C2=C/C(=C)c3ccccc3N(c3cc(/C=C/C=C\C=C/C)cc(Cc4ccccc4)c3)C(C)/C=C\2)c(C)n(-c2cccc(-c3ccccc3)c2)c1/C=C\C. The smallest absolute Gasteiger partial charge is 0.0534 e. The summed E-state index contributed by atoms with van der Waals surface area (Å²) < 4.78 is 2.34. The second-order valence-electron chi connectivity index (χ2n) is 15.9. The molecule has 0 aliphatic carbocycles. The Hall–Kier alpha value is -7.42. The van der Waals surface area contributed by atoms with Crippen LogP contribution in [0.15, 0.2) is 219 Å². The van der Waals surface area contributed by atoms with Gasteiger partial charge in [0.1, 0.15) is 0 Å². The van der Waals surface area contributed by atoms with Gasteiger partial charge >= 0.3 is 0 Å². The van der Waals surface area contributed by atoms with Crippen LogP contribution in [0.3, 0.4) is 0 Å². The Morgan fingerprint density at radius 1 is 0.667 bits per heavy atom. The van der Waals surface area contributed by atoms with Gasteiger partial charge in [0.15, 0.2) is 0 Å². The molecule has 6 aromatic rings. The first-order chi connectivity index (χ1) is 30.8. The van der Waals surface area contributed by atoms with Crippen LogP contribution in [-0.2, 0) is 6.42 Å². The van der Waals surface area contributed by atoms with Gasteiger partial charge in [-0.3, -0.25) is 0 Å². The van der Waals surface area contributed by atoms with Gasteiger partial charge in [-0.25, -0.2) is 0 Å². The van der Waals surface area contributed by atoms with Crippen LogP contribution in [0.1, 0.15) is 72.5 Å². The molecule has 0 N–H and O–H groups in total. The van der Waals surface area contributed by atoms with E-state index in [4.69, 9.17) is 0 Å². The predicted molar refractivity (Wildman–Crippen MR) is 277 cm³/mol. The van der Waals surface area contributed by atoms with Crippen LogP contribution in [0.4, 0.5) is 11.4 Å². The van der Waals surface area contributed by atoms with Gasteiger partial charge in [-0.05, 0) is 128 Å². The quantitative estimate of drug-likeness (QED) is 0.105. The van der Waals surface area contributed by atoms with Gasteiger partial charge in [0, 0.05) is 45.5 Å². The summed E-state index contributed by atoms with van der Waals surface area (Å²) in [6, 6.07) is 45.7. The molecule has 1 aromatic heterocycles. The monoisotopic (exact) mass is 818 g/mol. The Morgan fingerprint density at radius 2 is 1.40 bits per heavy atom. The van der Waals surface area contributed by atoms with Crippen LogP contribution in [0.2, 0.25) is 0 Å². The molecule has 312 valence electrons. The number of rotatable bonds is 13. The number of anilines is 2. The molecule has 1 atom stereocenters. The molecular weight excluding hydrogens is 761 g/mol. The van der Waals surface area contributed by atoms with E-state index >= 15 is 0 Å². The van der Waals surface area contributed by atoms with Gasteiger partial charge in [0.25, 0.3) is 0 Å². The number of aromatic nitrogens is 1. The van der Waals surface area contributed by atoms with Gasteiger partial charge in [0.05, 0.1) is 5.69 Å². The number of nitrogens with zero attached hydrogens (tertiary/aromatic N) is 2. The number of para-hydroxylation sites is 1. The maximum Gasteiger partial charge on any atom is 0.0534 e. The molecule has 7 rings (SSSR count). The van der Waals surface area contributed by atoms with Crippen molar-refractivity contribution < 1.29 is 0 Å². The van der Waals surface area contributed by atoms with E-state index in [-0.39, 0.29) is 6.04 Å². The zero-order valence-corrected chi connectivity index (χ0v) is 37.4. The summed E-state index contributed by atoms with van der Waals surface area (Å²) in [5.74, 6) is 0.